The van der Waals surface area contributed by atoms with Gasteiger partial charge in [-0.15, -0.1) is 0 Å². The highest BCUT2D eigenvalue weighted by Gasteiger charge is 2.31. The van der Waals surface area contributed by atoms with Crippen molar-refractivity contribution in [2.24, 2.45) is 0 Å². The first-order valence-corrected chi connectivity index (χ1v) is 23.0. The molecule has 0 saturated carbocycles. The normalized spacial score (nSPS) is 13.6. The number of unbranched alkanes of at least 4 members (excludes halogenated alkanes) is 15. The van der Waals surface area contributed by atoms with Gasteiger partial charge in [0.2, 0.25) is 0 Å². The number of rotatable bonds is 40. The quantitative estimate of drug-likeness (QED) is 0.0216. The number of likely N-dealkylation sites (N-methyl/N-ethyl adjacent to an activating group) is 1. The number of carboxylic acids is 1. The molecule has 0 aliphatic carbocycles. The Hall–Kier alpha value is -3.23. The summed E-state index contributed by atoms with van der Waals surface area (Å²) in [5.41, 5.74) is 0. The Labute approximate surface area is 355 Å². The van der Waals surface area contributed by atoms with Crippen molar-refractivity contribution in [1.29, 1.82) is 0 Å². The zero-order valence-corrected chi connectivity index (χ0v) is 37.7. The Morgan fingerprint density at radius 3 is 1.55 bits per heavy atom. The lowest BCUT2D eigenvalue weighted by molar-refractivity contribution is -0.887. The molecule has 58 heavy (non-hydrogen) atoms. The molecule has 0 saturated heterocycles. The minimum atomic E-state index is -0.885. The van der Waals surface area contributed by atoms with E-state index in [2.05, 4.69) is 86.8 Å². The first-order valence-electron chi connectivity index (χ1n) is 23.0. The molecule has 0 fully saturated rings. The van der Waals surface area contributed by atoms with Crippen LogP contribution in [0.4, 0.5) is 0 Å². The van der Waals surface area contributed by atoms with Crippen LogP contribution in [0.15, 0.2) is 72.9 Å². The van der Waals surface area contributed by atoms with Gasteiger partial charge >= 0.3 is 17.9 Å². The molecule has 332 valence electrons. The number of carboxylic acid groups (broad SMARTS) is 1. The van der Waals surface area contributed by atoms with E-state index in [9.17, 15) is 19.5 Å². The van der Waals surface area contributed by atoms with Crippen LogP contribution in [0, 0.1) is 0 Å². The number of nitrogens with zero attached hydrogens (tertiary/aromatic N) is 1. The van der Waals surface area contributed by atoms with Gasteiger partial charge in [-0.05, 0) is 77.0 Å². The molecular weight excluding hydrogens is 727 g/mol. The smallest absolute Gasteiger partial charge is 0.362 e. The van der Waals surface area contributed by atoms with Gasteiger partial charge in [0, 0.05) is 19.3 Å². The zero-order valence-electron chi connectivity index (χ0n) is 37.7. The number of hydrogen-bond acceptors (Lipinski definition) is 6. The molecule has 0 radical (unpaired) electrons. The van der Waals surface area contributed by atoms with Gasteiger partial charge in [0.15, 0.2) is 12.1 Å². The monoisotopic (exact) mass is 813 g/mol. The Kier molecular flexibility index (Phi) is 38.3. The van der Waals surface area contributed by atoms with Crippen LogP contribution in [-0.2, 0) is 28.6 Å². The fraction of sp³-hybridized carbons (Fsp3) is 0.700. The second-order valence-corrected chi connectivity index (χ2v) is 16.3. The minimum absolute atomic E-state index is 0.0409. The molecule has 0 aromatic heterocycles. The Morgan fingerprint density at radius 1 is 0.552 bits per heavy atom. The Bertz CT molecular complexity index is 1180. The molecule has 0 bridgehead atoms. The van der Waals surface area contributed by atoms with Crippen LogP contribution in [-0.4, -0.2) is 80.6 Å². The molecule has 8 heteroatoms. The third kappa shape index (κ3) is 38.3. The highest BCUT2D eigenvalue weighted by atomic mass is 16.6. The molecule has 2 unspecified atom stereocenters. The van der Waals surface area contributed by atoms with E-state index in [-0.39, 0.29) is 36.2 Å². The maximum atomic E-state index is 12.7. The highest BCUT2D eigenvalue weighted by molar-refractivity contribution is 5.72. The van der Waals surface area contributed by atoms with Gasteiger partial charge in [0.1, 0.15) is 6.61 Å². The Balaban J connectivity index is 4.42. The lowest BCUT2D eigenvalue weighted by atomic mass is 10.1. The zero-order chi connectivity index (χ0) is 42.8. The SMILES string of the molecule is CC/C=C/C/C=C/C/C=C/C/C=C/CCCCCC(=O)OCC(COCCC(C(=O)O)[N+](C)(C)C)OC(=O)CCCCCCC/C=C/C=C/CCCCCCCCC. The average Bonchev–Trinajstić information content (AvgIpc) is 3.18. The summed E-state index contributed by atoms with van der Waals surface area (Å²) in [6.45, 7) is 4.56. The van der Waals surface area contributed by atoms with E-state index in [1.165, 1.54) is 44.9 Å². The van der Waals surface area contributed by atoms with Crippen molar-refractivity contribution >= 4 is 17.9 Å². The molecule has 0 rings (SSSR count). The van der Waals surface area contributed by atoms with E-state index in [1.54, 1.807) is 0 Å². The van der Waals surface area contributed by atoms with Crippen LogP contribution < -0.4 is 0 Å². The molecule has 0 aromatic rings. The van der Waals surface area contributed by atoms with Crippen molar-refractivity contribution < 1.29 is 38.2 Å². The van der Waals surface area contributed by atoms with Crippen LogP contribution in [0.3, 0.4) is 0 Å². The second-order valence-electron chi connectivity index (χ2n) is 16.3. The summed E-state index contributed by atoms with van der Waals surface area (Å²) >= 11 is 0. The van der Waals surface area contributed by atoms with E-state index in [0.717, 1.165) is 96.3 Å². The minimum Gasteiger partial charge on any atom is -0.477 e. The second kappa shape index (κ2) is 40.5. The number of ether oxygens (including phenoxy) is 3. The molecular formula is C50H86NO7+. The molecule has 0 amide bonds. The predicted molar refractivity (Wildman–Crippen MR) is 243 cm³/mol. The number of aliphatic carboxylic acids is 1. The van der Waals surface area contributed by atoms with E-state index in [4.69, 9.17) is 14.2 Å². The molecule has 1 N–H and O–H groups in total. The molecule has 8 nitrogen and oxygen atoms in total. The molecule has 0 aliphatic rings. The molecule has 0 heterocycles. The molecule has 0 aliphatic heterocycles. The predicted octanol–water partition coefficient (Wildman–Crippen LogP) is 12.7. The largest absolute Gasteiger partial charge is 0.477 e. The van der Waals surface area contributed by atoms with Crippen LogP contribution in [0.25, 0.3) is 0 Å². The fourth-order valence-corrected chi connectivity index (χ4v) is 6.31. The van der Waals surface area contributed by atoms with E-state index >= 15 is 0 Å². The lowest BCUT2D eigenvalue weighted by Gasteiger charge is -2.31. The maximum Gasteiger partial charge on any atom is 0.362 e. The van der Waals surface area contributed by atoms with Gasteiger partial charge in [-0.3, -0.25) is 9.59 Å². The summed E-state index contributed by atoms with van der Waals surface area (Å²) in [7, 11) is 5.51. The summed E-state index contributed by atoms with van der Waals surface area (Å²) in [6, 6.07) is -0.626. The molecule has 0 aromatic carbocycles. The van der Waals surface area contributed by atoms with Crippen molar-refractivity contribution in [2.75, 3.05) is 41.0 Å². The highest BCUT2D eigenvalue weighted by Crippen LogP contribution is 2.13. The van der Waals surface area contributed by atoms with Crippen LogP contribution >= 0.6 is 0 Å². The fourth-order valence-electron chi connectivity index (χ4n) is 6.31. The first-order chi connectivity index (χ1) is 28.1. The van der Waals surface area contributed by atoms with Gasteiger partial charge in [-0.25, -0.2) is 4.79 Å². The van der Waals surface area contributed by atoms with Crippen molar-refractivity contribution in [3.8, 4) is 0 Å². The number of hydrogen-bond donors (Lipinski definition) is 1. The van der Waals surface area contributed by atoms with E-state index in [0.29, 0.717) is 19.3 Å². The first kappa shape index (κ1) is 54.8. The lowest BCUT2D eigenvalue weighted by Crippen LogP contribution is -2.50. The van der Waals surface area contributed by atoms with Gasteiger partial charge in [0.05, 0.1) is 34.4 Å². The summed E-state index contributed by atoms with van der Waals surface area (Å²) in [6.07, 6.45) is 50.9. The van der Waals surface area contributed by atoms with Gasteiger partial charge in [-0.1, -0.05) is 151 Å². The number of carbonyl (C=O) groups is 3. The molecule has 2 atom stereocenters. The van der Waals surface area contributed by atoms with Crippen molar-refractivity contribution in [2.45, 2.75) is 187 Å². The number of allylic oxidation sites excluding steroid dienone is 12. The van der Waals surface area contributed by atoms with Gasteiger partial charge in [-0.2, -0.15) is 0 Å². The van der Waals surface area contributed by atoms with Crippen molar-refractivity contribution in [3.63, 3.8) is 0 Å². The standard InChI is InChI=1S/C50H85NO7/c1-6-8-10-12-14-16-18-20-22-24-25-27-29-31-33-35-37-39-41-49(53)58-46(44-56-43-42-47(50(54)55)51(3,4)5)45-57-48(52)40-38-36-34-32-30-28-26-23-21-19-17-15-13-11-9-7-2/h9,11,15,17,21-25,27-28,30,46-47H,6-8,10,12-14,16,18-20,26,29,31-45H2,1-5H3/p+1/b11-9+,17-15+,23-21+,24-22+,27-25+,30-28+. The Morgan fingerprint density at radius 2 is 1.02 bits per heavy atom. The van der Waals surface area contributed by atoms with Gasteiger partial charge < -0.3 is 23.8 Å². The average molecular weight is 813 g/mol. The topological polar surface area (TPSA) is 99.1 Å². The van der Waals surface area contributed by atoms with Crippen LogP contribution in [0.1, 0.15) is 174 Å². The van der Waals surface area contributed by atoms with Crippen LogP contribution in [0.5, 0.6) is 0 Å². The number of quaternary nitrogens is 1. The summed E-state index contributed by atoms with van der Waals surface area (Å²) < 4.78 is 17.2. The maximum absolute atomic E-state index is 12.7. The third-order valence-corrected chi connectivity index (χ3v) is 9.87. The number of carbonyl (C=O) groups excluding carboxylic acids is 2. The number of esters is 2. The van der Waals surface area contributed by atoms with E-state index < -0.39 is 18.1 Å². The summed E-state index contributed by atoms with van der Waals surface area (Å²) in [4.78, 5) is 37.0. The summed E-state index contributed by atoms with van der Waals surface area (Å²) in [5, 5.41) is 9.63. The van der Waals surface area contributed by atoms with Crippen molar-refractivity contribution in [3.05, 3.63) is 72.9 Å². The van der Waals surface area contributed by atoms with Crippen molar-refractivity contribution in [1.82, 2.24) is 0 Å². The molecule has 0 spiro atoms. The summed E-state index contributed by atoms with van der Waals surface area (Å²) in [5.74, 6) is -1.53. The van der Waals surface area contributed by atoms with Gasteiger partial charge in [0.25, 0.3) is 0 Å². The third-order valence-electron chi connectivity index (χ3n) is 9.87. The van der Waals surface area contributed by atoms with E-state index in [1.807, 2.05) is 21.1 Å². The van der Waals surface area contributed by atoms with Crippen LogP contribution in [0.2, 0.25) is 0 Å².